The van der Waals surface area contributed by atoms with Crippen LogP contribution in [0.2, 0.25) is 0 Å². The van der Waals surface area contributed by atoms with E-state index in [0.29, 0.717) is 6.61 Å². The van der Waals surface area contributed by atoms with E-state index in [1.165, 1.54) is 7.11 Å². The molecule has 100 valence electrons. The molecule has 1 unspecified atom stereocenters. The zero-order valence-electron chi connectivity index (χ0n) is 10.3. The van der Waals surface area contributed by atoms with Crippen molar-refractivity contribution in [2.24, 2.45) is 5.73 Å². The Hall–Kier alpha value is -0.0200. The first-order chi connectivity index (χ1) is 8.18. The number of rotatable bonds is 11. The van der Waals surface area contributed by atoms with E-state index >= 15 is 0 Å². The van der Waals surface area contributed by atoms with Gasteiger partial charge in [0.15, 0.2) is 0 Å². The molecule has 0 saturated heterocycles. The van der Waals surface area contributed by atoms with Gasteiger partial charge in [0.1, 0.15) is 6.61 Å². The molecule has 17 heavy (non-hydrogen) atoms. The third kappa shape index (κ3) is 9.66. The van der Waals surface area contributed by atoms with Gasteiger partial charge in [0.25, 0.3) is 0 Å². The van der Waals surface area contributed by atoms with Gasteiger partial charge in [-0.1, -0.05) is 12.8 Å². The summed E-state index contributed by atoms with van der Waals surface area (Å²) in [5.41, 5.74) is 5.40. The maximum Gasteiger partial charge on any atom is 0.327 e. The van der Waals surface area contributed by atoms with Gasteiger partial charge in [0.05, 0.1) is 6.61 Å². The van der Waals surface area contributed by atoms with Crippen LogP contribution in [0.15, 0.2) is 0 Å². The fourth-order valence-electron chi connectivity index (χ4n) is 1.12. The van der Waals surface area contributed by atoms with E-state index in [1.807, 2.05) is 0 Å². The lowest BCUT2D eigenvalue weighted by Gasteiger charge is -2.18. The smallest absolute Gasteiger partial charge is 0.327 e. The lowest BCUT2D eigenvalue weighted by atomic mass is 10.2. The second-order valence-electron chi connectivity index (χ2n) is 3.38. The molecule has 0 aliphatic rings. The minimum atomic E-state index is -2.62. The SMILES string of the molecule is [C-]#[N+]CCOP(=S)(OC)OCCCCCCN. The molecule has 7 heteroatoms. The maximum atomic E-state index is 6.63. The van der Waals surface area contributed by atoms with Gasteiger partial charge in [0, 0.05) is 7.11 Å². The first-order valence-corrected chi connectivity index (χ1v) is 8.22. The van der Waals surface area contributed by atoms with Gasteiger partial charge in [-0.05, 0) is 31.2 Å². The largest absolute Gasteiger partial charge is 0.330 e. The van der Waals surface area contributed by atoms with Crippen LogP contribution in [0.4, 0.5) is 0 Å². The summed E-state index contributed by atoms with van der Waals surface area (Å²) in [7, 11) is 1.48. The molecular weight excluding hydrogens is 259 g/mol. The standard InChI is InChI=1S/C10H21N2O3PS/c1-12-8-10-15-16(17,13-2)14-9-6-4-3-5-7-11/h3-11H2,2H3. The van der Waals surface area contributed by atoms with E-state index < -0.39 is 6.72 Å². The van der Waals surface area contributed by atoms with Gasteiger partial charge in [-0.2, -0.15) is 0 Å². The molecule has 0 aromatic heterocycles. The van der Waals surface area contributed by atoms with Crippen LogP contribution in [0.25, 0.3) is 4.85 Å². The summed E-state index contributed by atoms with van der Waals surface area (Å²) >= 11 is 5.14. The highest BCUT2D eigenvalue weighted by Crippen LogP contribution is 2.48. The lowest BCUT2D eigenvalue weighted by molar-refractivity contribution is 0.180. The van der Waals surface area contributed by atoms with E-state index in [9.17, 15) is 0 Å². The average molecular weight is 280 g/mol. The van der Waals surface area contributed by atoms with Crippen molar-refractivity contribution < 1.29 is 13.6 Å². The Morgan fingerprint density at radius 2 is 1.82 bits per heavy atom. The number of hydrogen-bond donors (Lipinski definition) is 1. The van der Waals surface area contributed by atoms with Crippen LogP contribution in [-0.4, -0.2) is 33.4 Å². The van der Waals surface area contributed by atoms with Crippen LogP contribution >= 0.6 is 6.72 Å². The molecule has 0 aliphatic carbocycles. The zero-order valence-corrected chi connectivity index (χ0v) is 12.0. The maximum absolute atomic E-state index is 6.63. The van der Waals surface area contributed by atoms with Crippen molar-refractivity contribution in [3.63, 3.8) is 0 Å². The highest BCUT2D eigenvalue weighted by molar-refractivity contribution is 8.07. The molecular formula is C10H21N2O3PS. The third-order valence-electron chi connectivity index (χ3n) is 2.02. The fourth-order valence-corrected chi connectivity index (χ4v) is 2.51. The van der Waals surface area contributed by atoms with Gasteiger partial charge in [-0.15, -0.1) is 0 Å². The molecule has 0 fully saturated rings. The van der Waals surface area contributed by atoms with Crippen molar-refractivity contribution in [2.45, 2.75) is 25.7 Å². The van der Waals surface area contributed by atoms with Crippen LogP contribution in [0.3, 0.4) is 0 Å². The molecule has 0 spiro atoms. The minimum Gasteiger partial charge on any atom is -0.330 e. The Morgan fingerprint density at radius 3 is 2.41 bits per heavy atom. The Labute approximate surface area is 109 Å². The number of hydrogen-bond acceptors (Lipinski definition) is 5. The molecule has 0 radical (unpaired) electrons. The number of unbranched alkanes of at least 4 members (excludes halogenated alkanes) is 3. The first-order valence-electron chi connectivity index (χ1n) is 5.66. The Kier molecular flexibility index (Phi) is 11.1. The molecule has 0 rings (SSSR count). The van der Waals surface area contributed by atoms with Crippen molar-refractivity contribution >= 4 is 18.5 Å². The van der Waals surface area contributed by atoms with Crippen molar-refractivity contribution in [3.8, 4) is 0 Å². The fraction of sp³-hybridized carbons (Fsp3) is 0.900. The van der Waals surface area contributed by atoms with Crippen molar-refractivity contribution in [2.75, 3.05) is 33.4 Å². The van der Waals surface area contributed by atoms with Crippen molar-refractivity contribution in [1.29, 1.82) is 0 Å². The molecule has 0 amide bonds. The molecule has 1 atom stereocenters. The van der Waals surface area contributed by atoms with Crippen molar-refractivity contribution in [1.82, 2.24) is 0 Å². The van der Waals surface area contributed by atoms with Crippen LogP contribution in [0, 0.1) is 6.57 Å². The normalized spacial score (nSPS) is 14.2. The van der Waals surface area contributed by atoms with Gasteiger partial charge in [-0.25, -0.2) is 6.57 Å². The molecule has 5 nitrogen and oxygen atoms in total. The predicted octanol–water partition coefficient (Wildman–Crippen LogP) is 2.33. The molecule has 2 N–H and O–H groups in total. The van der Waals surface area contributed by atoms with Crippen LogP contribution < -0.4 is 5.73 Å². The Morgan fingerprint density at radius 1 is 1.18 bits per heavy atom. The predicted molar refractivity (Wildman–Crippen MR) is 72.2 cm³/mol. The molecule has 0 aromatic carbocycles. The quantitative estimate of drug-likeness (QED) is 0.357. The zero-order chi connectivity index (χ0) is 13.0. The highest BCUT2D eigenvalue weighted by Gasteiger charge is 2.18. The van der Waals surface area contributed by atoms with E-state index in [1.54, 1.807) is 0 Å². The number of nitrogens with zero attached hydrogens (tertiary/aromatic N) is 1. The highest BCUT2D eigenvalue weighted by atomic mass is 32.5. The number of nitrogens with two attached hydrogens (primary N) is 1. The van der Waals surface area contributed by atoms with E-state index in [0.717, 1.165) is 32.2 Å². The van der Waals surface area contributed by atoms with Crippen molar-refractivity contribution in [3.05, 3.63) is 11.4 Å². The van der Waals surface area contributed by atoms with Crippen LogP contribution in [0.5, 0.6) is 0 Å². The second kappa shape index (κ2) is 11.1. The van der Waals surface area contributed by atoms with Crippen LogP contribution in [0.1, 0.15) is 25.7 Å². The summed E-state index contributed by atoms with van der Waals surface area (Å²) < 4.78 is 15.8. The topological polar surface area (TPSA) is 58.1 Å². The molecule has 0 bridgehead atoms. The Bertz CT molecular complexity index is 271. The summed E-state index contributed by atoms with van der Waals surface area (Å²) in [6, 6.07) is 0. The molecule has 0 saturated carbocycles. The van der Waals surface area contributed by atoms with Gasteiger partial charge in [-0.3, -0.25) is 0 Å². The third-order valence-corrected chi connectivity index (χ3v) is 4.55. The molecule has 0 aliphatic heterocycles. The minimum absolute atomic E-state index is 0.266. The summed E-state index contributed by atoms with van der Waals surface area (Å²) in [5.74, 6) is 0. The van der Waals surface area contributed by atoms with Gasteiger partial charge >= 0.3 is 6.72 Å². The summed E-state index contributed by atoms with van der Waals surface area (Å²) in [4.78, 5) is 3.18. The lowest BCUT2D eigenvalue weighted by Crippen LogP contribution is -2.02. The average Bonchev–Trinajstić information content (AvgIpc) is 2.34. The monoisotopic (exact) mass is 280 g/mol. The summed E-state index contributed by atoms with van der Waals surface area (Å²) in [6.07, 6.45) is 4.14. The van der Waals surface area contributed by atoms with E-state index in [-0.39, 0.29) is 13.2 Å². The van der Waals surface area contributed by atoms with Gasteiger partial charge < -0.3 is 24.1 Å². The van der Waals surface area contributed by atoms with Gasteiger partial charge in [0.2, 0.25) is 6.54 Å². The molecule has 0 aromatic rings. The van der Waals surface area contributed by atoms with E-state index in [2.05, 4.69) is 4.85 Å². The van der Waals surface area contributed by atoms with Crippen LogP contribution in [-0.2, 0) is 25.4 Å². The first kappa shape index (κ1) is 17.0. The molecule has 0 heterocycles. The van der Waals surface area contributed by atoms with E-state index in [4.69, 9.17) is 37.7 Å². The Balaban J connectivity index is 3.65. The summed E-state index contributed by atoms with van der Waals surface area (Å²) in [5, 5.41) is 0. The second-order valence-corrected chi connectivity index (χ2v) is 6.50. The summed E-state index contributed by atoms with van der Waals surface area (Å²) in [6.45, 7) is 5.82.